The molecule has 1 aromatic heterocycles. The van der Waals surface area contributed by atoms with Gasteiger partial charge in [-0.25, -0.2) is 4.68 Å². The Bertz CT molecular complexity index is 747. The zero-order valence-electron chi connectivity index (χ0n) is 16.0. The van der Waals surface area contributed by atoms with Gasteiger partial charge in [-0.3, -0.25) is 4.79 Å². The third-order valence-corrected chi connectivity index (χ3v) is 4.65. The fraction of sp³-hybridized carbons (Fsp3) is 0.474. The number of benzene rings is 1. The predicted molar refractivity (Wildman–Crippen MR) is 100 cm³/mol. The number of likely N-dealkylation sites (tertiary alicyclic amines) is 1. The average Bonchev–Trinajstić information content (AvgIpc) is 3.17. The Hall–Kier alpha value is -2.74. The van der Waals surface area contributed by atoms with E-state index in [1.165, 1.54) is 0 Å². The third-order valence-electron chi connectivity index (χ3n) is 4.65. The molecule has 27 heavy (non-hydrogen) atoms. The number of para-hydroxylation sites is 1. The number of aromatic nitrogens is 2. The first kappa shape index (κ1) is 19.0. The monoisotopic (exact) mass is 374 g/mol. The maximum atomic E-state index is 12.4. The molecule has 1 aliphatic heterocycles. The van der Waals surface area contributed by atoms with E-state index in [2.05, 4.69) is 22.4 Å². The highest BCUT2D eigenvalue weighted by Gasteiger charge is 2.20. The number of carbonyl (C=O) groups excluding carboxylic acids is 1. The number of amides is 1. The van der Waals surface area contributed by atoms with Gasteiger partial charge in [0.2, 0.25) is 5.75 Å². The highest BCUT2D eigenvalue weighted by atomic mass is 16.5. The Labute approximate surface area is 159 Å². The van der Waals surface area contributed by atoms with Crippen LogP contribution in [0.4, 0.5) is 0 Å². The lowest BCUT2D eigenvalue weighted by molar-refractivity contribution is 0.0909. The lowest BCUT2D eigenvalue weighted by Gasteiger charge is -2.29. The van der Waals surface area contributed by atoms with Gasteiger partial charge in [0, 0.05) is 12.2 Å². The van der Waals surface area contributed by atoms with E-state index in [0.717, 1.165) is 25.9 Å². The molecule has 1 fully saturated rings. The molecule has 2 heterocycles. The van der Waals surface area contributed by atoms with E-state index in [0.29, 0.717) is 22.9 Å². The van der Waals surface area contributed by atoms with Crippen LogP contribution in [-0.2, 0) is 6.73 Å². The third kappa shape index (κ3) is 4.71. The van der Waals surface area contributed by atoms with Crippen molar-refractivity contribution in [1.82, 2.24) is 20.0 Å². The molecule has 0 spiro atoms. The van der Waals surface area contributed by atoms with Gasteiger partial charge in [0.25, 0.3) is 5.91 Å². The summed E-state index contributed by atoms with van der Waals surface area (Å²) in [6.45, 7) is 2.13. The Morgan fingerprint density at radius 1 is 1.19 bits per heavy atom. The van der Waals surface area contributed by atoms with Crippen molar-refractivity contribution >= 4 is 5.91 Å². The van der Waals surface area contributed by atoms with Gasteiger partial charge < -0.3 is 24.4 Å². The van der Waals surface area contributed by atoms with Crippen molar-refractivity contribution in [3.63, 3.8) is 0 Å². The molecule has 0 bridgehead atoms. The summed E-state index contributed by atoms with van der Waals surface area (Å²) in [7, 11) is 5.23. The maximum absolute atomic E-state index is 12.4. The molecule has 0 saturated carbocycles. The second-order valence-corrected chi connectivity index (χ2v) is 6.56. The molecular formula is C19H26N4O4. The van der Waals surface area contributed by atoms with E-state index in [1.807, 2.05) is 6.07 Å². The highest BCUT2D eigenvalue weighted by Crippen LogP contribution is 2.36. The molecule has 146 valence electrons. The largest absolute Gasteiger partial charge is 0.493 e. The van der Waals surface area contributed by atoms with Crippen LogP contribution >= 0.6 is 0 Å². The van der Waals surface area contributed by atoms with Crippen molar-refractivity contribution in [2.45, 2.75) is 25.6 Å². The molecular weight excluding hydrogens is 348 g/mol. The molecule has 8 heteroatoms. The Kier molecular flexibility index (Phi) is 6.18. The van der Waals surface area contributed by atoms with Crippen molar-refractivity contribution < 1.29 is 19.0 Å². The van der Waals surface area contributed by atoms with E-state index in [-0.39, 0.29) is 18.7 Å². The van der Waals surface area contributed by atoms with Gasteiger partial charge in [-0.15, -0.1) is 0 Å². The Balaban J connectivity index is 1.59. The minimum Gasteiger partial charge on any atom is -0.493 e. The minimum atomic E-state index is -0.154. The van der Waals surface area contributed by atoms with Crippen molar-refractivity contribution in [3.05, 3.63) is 36.2 Å². The van der Waals surface area contributed by atoms with Crippen molar-refractivity contribution in [2.75, 3.05) is 34.4 Å². The molecule has 1 N–H and O–H groups in total. The van der Waals surface area contributed by atoms with Gasteiger partial charge in [-0.2, -0.15) is 5.10 Å². The Morgan fingerprint density at radius 2 is 1.85 bits per heavy atom. The summed E-state index contributed by atoms with van der Waals surface area (Å²) in [6.07, 6.45) is 3.63. The quantitative estimate of drug-likeness (QED) is 0.796. The molecule has 0 radical (unpaired) electrons. The molecule has 1 aromatic carbocycles. The fourth-order valence-electron chi connectivity index (χ4n) is 3.06. The summed E-state index contributed by atoms with van der Waals surface area (Å²) in [5.41, 5.74) is 0.379. The van der Waals surface area contributed by atoms with Gasteiger partial charge in [0.05, 0.1) is 14.2 Å². The van der Waals surface area contributed by atoms with Crippen LogP contribution in [-0.4, -0.2) is 61.0 Å². The first-order chi connectivity index (χ1) is 13.1. The molecule has 1 saturated heterocycles. The molecule has 1 amide bonds. The van der Waals surface area contributed by atoms with Gasteiger partial charge in [-0.05, 0) is 51.2 Å². The van der Waals surface area contributed by atoms with E-state index in [1.54, 1.807) is 43.3 Å². The lowest BCUT2D eigenvalue weighted by Crippen LogP contribution is -2.43. The van der Waals surface area contributed by atoms with Crippen LogP contribution in [0.15, 0.2) is 30.5 Å². The molecule has 0 unspecified atom stereocenters. The molecule has 8 nitrogen and oxygen atoms in total. The number of nitrogens with zero attached hydrogens (tertiary/aromatic N) is 3. The predicted octanol–water partition coefficient (Wildman–Crippen LogP) is 1.76. The number of hydrogen-bond donors (Lipinski definition) is 1. The first-order valence-corrected chi connectivity index (χ1v) is 8.97. The normalized spacial score (nSPS) is 15.4. The smallest absolute Gasteiger partial charge is 0.271 e. The topological polar surface area (TPSA) is 77.9 Å². The van der Waals surface area contributed by atoms with Crippen LogP contribution in [0.5, 0.6) is 17.2 Å². The standard InChI is InChI=1S/C19H26N4O4/c1-22-10-7-14(8-11-22)20-19(24)15-9-12-23(21-15)13-27-18-16(25-2)5-4-6-17(18)26-3/h4-6,9,12,14H,7-8,10-11,13H2,1-3H3,(H,20,24). The van der Waals surface area contributed by atoms with Gasteiger partial charge in [-0.1, -0.05) is 6.07 Å². The maximum Gasteiger partial charge on any atom is 0.271 e. The summed E-state index contributed by atoms with van der Waals surface area (Å²) in [5, 5.41) is 7.36. The molecule has 2 aromatic rings. The van der Waals surface area contributed by atoms with Gasteiger partial charge in [0.15, 0.2) is 18.2 Å². The van der Waals surface area contributed by atoms with Crippen LogP contribution in [0, 0.1) is 0 Å². The number of methoxy groups -OCH3 is 2. The van der Waals surface area contributed by atoms with Crippen LogP contribution < -0.4 is 19.5 Å². The van der Waals surface area contributed by atoms with Crippen molar-refractivity contribution in [1.29, 1.82) is 0 Å². The summed E-state index contributed by atoms with van der Waals surface area (Å²) >= 11 is 0. The SMILES string of the molecule is COc1cccc(OC)c1OCn1ccc(C(=O)NC2CCN(C)CC2)n1. The zero-order chi connectivity index (χ0) is 19.2. The van der Waals surface area contributed by atoms with Crippen LogP contribution in [0.2, 0.25) is 0 Å². The van der Waals surface area contributed by atoms with Crippen molar-refractivity contribution in [3.8, 4) is 17.2 Å². The fourth-order valence-corrected chi connectivity index (χ4v) is 3.06. The number of piperidine rings is 1. The number of rotatable bonds is 7. The summed E-state index contributed by atoms with van der Waals surface area (Å²) < 4.78 is 18.0. The van der Waals surface area contributed by atoms with Crippen molar-refractivity contribution in [2.24, 2.45) is 0 Å². The average molecular weight is 374 g/mol. The van der Waals surface area contributed by atoms with Gasteiger partial charge >= 0.3 is 0 Å². The van der Waals surface area contributed by atoms with E-state index < -0.39 is 0 Å². The van der Waals surface area contributed by atoms with E-state index >= 15 is 0 Å². The van der Waals surface area contributed by atoms with Crippen LogP contribution in [0.1, 0.15) is 23.3 Å². The number of hydrogen-bond acceptors (Lipinski definition) is 6. The molecule has 3 rings (SSSR count). The number of ether oxygens (including phenoxy) is 3. The summed E-state index contributed by atoms with van der Waals surface area (Å²) in [6, 6.07) is 7.30. The zero-order valence-corrected chi connectivity index (χ0v) is 16.0. The van der Waals surface area contributed by atoms with Crippen LogP contribution in [0.3, 0.4) is 0 Å². The van der Waals surface area contributed by atoms with E-state index in [4.69, 9.17) is 14.2 Å². The van der Waals surface area contributed by atoms with E-state index in [9.17, 15) is 4.79 Å². The molecule has 1 aliphatic rings. The molecule has 0 atom stereocenters. The minimum absolute atomic E-state index is 0.137. The second-order valence-electron chi connectivity index (χ2n) is 6.56. The van der Waals surface area contributed by atoms with Crippen LogP contribution in [0.25, 0.3) is 0 Å². The van der Waals surface area contributed by atoms with Gasteiger partial charge in [0.1, 0.15) is 5.69 Å². The Morgan fingerprint density at radius 3 is 2.48 bits per heavy atom. The number of nitrogens with one attached hydrogen (secondary N) is 1. The summed E-state index contributed by atoms with van der Waals surface area (Å²) in [5.74, 6) is 1.48. The first-order valence-electron chi connectivity index (χ1n) is 8.97. The second kappa shape index (κ2) is 8.77. The molecule has 0 aliphatic carbocycles. The lowest BCUT2D eigenvalue weighted by atomic mass is 10.1. The number of carbonyl (C=O) groups is 1. The summed E-state index contributed by atoms with van der Waals surface area (Å²) in [4.78, 5) is 14.7. The highest BCUT2D eigenvalue weighted by molar-refractivity contribution is 5.92.